The van der Waals surface area contributed by atoms with E-state index >= 15 is 0 Å². The highest BCUT2D eigenvalue weighted by molar-refractivity contribution is 6.06. The number of hydrogen-bond acceptors (Lipinski definition) is 3. The van der Waals surface area contributed by atoms with E-state index < -0.39 is 11.7 Å². The van der Waals surface area contributed by atoms with Crippen LogP contribution >= 0.6 is 0 Å². The maximum Gasteiger partial charge on any atom is 0.259 e. The standard InChI is InChI=1S/C20H23FN2O2/c1-14-9-11-23(12-10-14)17-6-4-16(5-7-17)22-20(24)18-13-15(21)3-8-19(18)25-2/h3-8,13-14H,9-12H2,1-2H3,(H,22,24). The number of nitrogens with zero attached hydrogens (tertiary/aromatic N) is 1. The summed E-state index contributed by atoms with van der Waals surface area (Å²) in [7, 11) is 1.46. The Balaban J connectivity index is 1.69. The molecule has 132 valence electrons. The molecule has 0 aromatic heterocycles. The first-order valence-electron chi connectivity index (χ1n) is 8.56. The van der Waals surface area contributed by atoms with E-state index in [4.69, 9.17) is 4.74 Å². The Morgan fingerprint density at radius 3 is 2.48 bits per heavy atom. The van der Waals surface area contributed by atoms with Crippen molar-refractivity contribution < 1.29 is 13.9 Å². The van der Waals surface area contributed by atoms with Crippen molar-refractivity contribution >= 4 is 17.3 Å². The van der Waals surface area contributed by atoms with Gasteiger partial charge in [-0.25, -0.2) is 4.39 Å². The molecular formula is C20H23FN2O2. The molecule has 1 fully saturated rings. The predicted octanol–water partition coefficient (Wildman–Crippen LogP) is 4.32. The molecule has 4 nitrogen and oxygen atoms in total. The molecule has 2 aromatic carbocycles. The molecule has 0 radical (unpaired) electrons. The van der Waals surface area contributed by atoms with Crippen molar-refractivity contribution in [3.8, 4) is 5.75 Å². The second-order valence-corrected chi connectivity index (χ2v) is 6.52. The average Bonchev–Trinajstić information content (AvgIpc) is 2.63. The van der Waals surface area contributed by atoms with E-state index in [0.717, 1.165) is 24.7 Å². The highest BCUT2D eigenvalue weighted by Gasteiger charge is 2.17. The quantitative estimate of drug-likeness (QED) is 0.899. The van der Waals surface area contributed by atoms with Crippen LogP contribution in [0.1, 0.15) is 30.1 Å². The number of carbonyl (C=O) groups is 1. The van der Waals surface area contributed by atoms with Gasteiger partial charge in [0.25, 0.3) is 5.91 Å². The number of anilines is 2. The van der Waals surface area contributed by atoms with Gasteiger partial charge in [0.15, 0.2) is 0 Å². The van der Waals surface area contributed by atoms with Crippen LogP contribution < -0.4 is 15.0 Å². The van der Waals surface area contributed by atoms with E-state index in [1.54, 1.807) is 0 Å². The summed E-state index contributed by atoms with van der Waals surface area (Å²) >= 11 is 0. The van der Waals surface area contributed by atoms with Crippen molar-refractivity contribution in [2.45, 2.75) is 19.8 Å². The molecule has 25 heavy (non-hydrogen) atoms. The molecular weight excluding hydrogens is 319 g/mol. The number of benzene rings is 2. The van der Waals surface area contributed by atoms with E-state index in [0.29, 0.717) is 11.4 Å². The summed E-state index contributed by atoms with van der Waals surface area (Å²) in [6.07, 6.45) is 2.41. The number of amides is 1. The lowest BCUT2D eigenvalue weighted by Gasteiger charge is -2.32. The smallest absolute Gasteiger partial charge is 0.259 e. The molecule has 0 spiro atoms. The molecule has 0 unspecified atom stereocenters. The summed E-state index contributed by atoms with van der Waals surface area (Å²) in [4.78, 5) is 14.8. The largest absolute Gasteiger partial charge is 0.496 e. The highest BCUT2D eigenvalue weighted by atomic mass is 19.1. The van der Waals surface area contributed by atoms with Gasteiger partial charge < -0.3 is 15.0 Å². The number of nitrogens with one attached hydrogen (secondary N) is 1. The molecule has 1 amide bonds. The highest BCUT2D eigenvalue weighted by Crippen LogP contribution is 2.25. The zero-order valence-corrected chi connectivity index (χ0v) is 14.6. The van der Waals surface area contributed by atoms with E-state index in [-0.39, 0.29) is 5.56 Å². The molecule has 3 rings (SSSR count). The van der Waals surface area contributed by atoms with Crippen molar-refractivity contribution in [1.29, 1.82) is 0 Å². The zero-order chi connectivity index (χ0) is 17.8. The topological polar surface area (TPSA) is 41.6 Å². The van der Waals surface area contributed by atoms with Crippen LogP contribution in [0.5, 0.6) is 5.75 Å². The Morgan fingerprint density at radius 2 is 1.84 bits per heavy atom. The number of ether oxygens (including phenoxy) is 1. The van der Waals surface area contributed by atoms with E-state index in [2.05, 4.69) is 17.1 Å². The molecule has 1 heterocycles. The third-order valence-corrected chi connectivity index (χ3v) is 4.68. The fraction of sp³-hybridized carbons (Fsp3) is 0.350. The third-order valence-electron chi connectivity index (χ3n) is 4.68. The number of methoxy groups -OCH3 is 1. The Labute approximate surface area is 147 Å². The van der Waals surface area contributed by atoms with Crippen molar-refractivity contribution in [1.82, 2.24) is 0 Å². The normalized spacial score (nSPS) is 15.1. The Morgan fingerprint density at radius 1 is 1.16 bits per heavy atom. The first kappa shape index (κ1) is 17.3. The van der Waals surface area contributed by atoms with Crippen molar-refractivity contribution in [2.75, 3.05) is 30.4 Å². The molecule has 5 heteroatoms. The second-order valence-electron chi connectivity index (χ2n) is 6.52. The molecule has 0 bridgehead atoms. The maximum absolute atomic E-state index is 13.4. The van der Waals surface area contributed by atoms with Gasteiger partial charge in [-0.1, -0.05) is 6.92 Å². The lowest BCUT2D eigenvalue weighted by atomic mass is 9.99. The van der Waals surface area contributed by atoms with Crippen LogP contribution in [-0.2, 0) is 0 Å². The molecule has 1 aliphatic heterocycles. The minimum Gasteiger partial charge on any atom is -0.496 e. The third kappa shape index (κ3) is 4.10. The summed E-state index contributed by atoms with van der Waals surface area (Å²) in [6, 6.07) is 11.7. The first-order chi connectivity index (χ1) is 12.1. The minimum atomic E-state index is -0.472. The van der Waals surface area contributed by atoms with Crippen molar-refractivity contribution in [3.63, 3.8) is 0 Å². The van der Waals surface area contributed by atoms with Gasteiger partial charge >= 0.3 is 0 Å². The second kappa shape index (κ2) is 7.55. The fourth-order valence-electron chi connectivity index (χ4n) is 3.08. The monoisotopic (exact) mass is 342 g/mol. The summed E-state index contributed by atoms with van der Waals surface area (Å²) in [5, 5.41) is 2.79. The minimum absolute atomic E-state index is 0.177. The molecule has 1 saturated heterocycles. The van der Waals surface area contributed by atoms with Gasteiger partial charge in [0.2, 0.25) is 0 Å². The van der Waals surface area contributed by atoms with Gasteiger partial charge in [0.05, 0.1) is 12.7 Å². The first-order valence-corrected chi connectivity index (χ1v) is 8.56. The molecule has 0 saturated carbocycles. The summed E-state index contributed by atoms with van der Waals surface area (Å²) < 4.78 is 18.6. The lowest BCUT2D eigenvalue weighted by Crippen LogP contribution is -2.32. The Hall–Kier alpha value is -2.56. The number of halogens is 1. The van der Waals surface area contributed by atoms with E-state index in [1.165, 1.54) is 38.2 Å². The van der Waals surface area contributed by atoms with Gasteiger partial charge in [-0.2, -0.15) is 0 Å². The molecule has 0 aliphatic carbocycles. The van der Waals surface area contributed by atoms with Gasteiger partial charge in [-0.05, 0) is 61.2 Å². The van der Waals surface area contributed by atoms with Crippen LogP contribution in [0, 0.1) is 11.7 Å². The van der Waals surface area contributed by atoms with Crippen molar-refractivity contribution in [3.05, 3.63) is 53.8 Å². The number of carbonyl (C=O) groups excluding carboxylic acids is 1. The molecule has 1 N–H and O–H groups in total. The Bertz CT molecular complexity index is 738. The number of piperidine rings is 1. The zero-order valence-electron chi connectivity index (χ0n) is 14.6. The van der Waals surface area contributed by atoms with Gasteiger partial charge in [0, 0.05) is 24.5 Å². The maximum atomic E-state index is 13.4. The van der Waals surface area contributed by atoms with E-state index in [9.17, 15) is 9.18 Å². The van der Waals surface area contributed by atoms with Crippen LogP contribution in [0.4, 0.5) is 15.8 Å². The van der Waals surface area contributed by atoms with Crippen LogP contribution in [-0.4, -0.2) is 26.1 Å². The van der Waals surface area contributed by atoms with Crippen LogP contribution in [0.2, 0.25) is 0 Å². The fourth-order valence-corrected chi connectivity index (χ4v) is 3.08. The number of rotatable bonds is 4. The average molecular weight is 342 g/mol. The Kier molecular flexibility index (Phi) is 5.22. The van der Waals surface area contributed by atoms with Crippen molar-refractivity contribution in [2.24, 2.45) is 5.92 Å². The molecule has 0 atom stereocenters. The van der Waals surface area contributed by atoms with Gasteiger partial charge in [0.1, 0.15) is 11.6 Å². The lowest BCUT2D eigenvalue weighted by molar-refractivity contribution is 0.102. The predicted molar refractivity (Wildman–Crippen MR) is 98.0 cm³/mol. The van der Waals surface area contributed by atoms with Gasteiger partial charge in [-0.3, -0.25) is 4.79 Å². The SMILES string of the molecule is COc1ccc(F)cc1C(=O)Nc1ccc(N2CCC(C)CC2)cc1. The summed E-state index contributed by atoms with van der Waals surface area (Å²) in [5.41, 5.74) is 2.01. The van der Waals surface area contributed by atoms with Crippen LogP contribution in [0.25, 0.3) is 0 Å². The van der Waals surface area contributed by atoms with Crippen LogP contribution in [0.3, 0.4) is 0 Å². The molecule has 2 aromatic rings. The summed E-state index contributed by atoms with van der Waals surface area (Å²) in [6.45, 7) is 4.41. The summed E-state index contributed by atoms with van der Waals surface area (Å²) in [5.74, 6) is 0.269. The van der Waals surface area contributed by atoms with Gasteiger partial charge in [-0.15, -0.1) is 0 Å². The van der Waals surface area contributed by atoms with E-state index in [1.807, 2.05) is 24.3 Å². The number of hydrogen-bond donors (Lipinski definition) is 1. The molecule has 1 aliphatic rings. The van der Waals surface area contributed by atoms with Crippen LogP contribution in [0.15, 0.2) is 42.5 Å².